The van der Waals surface area contributed by atoms with Crippen molar-refractivity contribution < 1.29 is 8.98 Å². The van der Waals surface area contributed by atoms with Crippen molar-refractivity contribution in [3.05, 3.63) is 0 Å². The molecule has 0 rings (SSSR count). The maximum Gasteiger partial charge on any atom is 0.229 e. The van der Waals surface area contributed by atoms with Crippen LogP contribution in [-0.2, 0) is 8.98 Å². The molecule has 6 heteroatoms. The highest BCUT2D eigenvalue weighted by atomic mass is 33.1. The highest BCUT2D eigenvalue weighted by Gasteiger charge is 1.94. The number of hydrogen-bond donors (Lipinski definition) is 3. The van der Waals surface area contributed by atoms with Gasteiger partial charge in [0.25, 0.3) is 0 Å². The lowest BCUT2D eigenvalue weighted by Crippen LogP contribution is -2.25. The number of nitrogens with one attached hydrogen (secondary N) is 1. The van der Waals surface area contributed by atoms with Crippen molar-refractivity contribution in [2.45, 2.75) is 6.42 Å². The van der Waals surface area contributed by atoms with Gasteiger partial charge in [-0.05, 0) is 6.42 Å². The van der Waals surface area contributed by atoms with Crippen molar-refractivity contribution in [2.75, 3.05) is 18.9 Å². The summed E-state index contributed by atoms with van der Waals surface area (Å²) in [6, 6.07) is 0. The van der Waals surface area contributed by atoms with Crippen LogP contribution < -0.4 is 5.32 Å². The van der Waals surface area contributed by atoms with Crippen LogP contribution in [0, 0.1) is 0 Å². The van der Waals surface area contributed by atoms with Crippen LogP contribution in [0.1, 0.15) is 6.42 Å². The van der Waals surface area contributed by atoms with Gasteiger partial charge in [0, 0.05) is 6.54 Å². The number of rotatable bonds is 6. The Kier molecular flexibility index (Phi) is 8.95. The Morgan fingerprint density at radius 2 is 2.36 bits per heavy atom. The smallest absolute Gasteiger partial charge is 0.229 e. The maximum atomic E-state index is 10.6. The number of carbonyl (C=O) groups excluding carboxylic acids is 1. The minimum absolute atomic E-state index is 0.0492. The number of thiol groups is 2. The first-order chi connectivity index (χ1) is 5.31. The molecule has 0 fully saturated rings. The Morgan fingerprint density at radius 1 is 1.64 bits per heavy atom. The zero-order valence-electron chi connectivity index (χ0n) is 5.95. The Morgan fingerprint density at radius 3 is 2.91 bits per heavy atom. The average molecular weight is 213 g/mol. The van der Waals surface area contributed by atoms with Gasteiger partial charge in [0.05, 0.1) is 23.4 Å². The number of hydrogen-bond acceptors (Lipinski definition) is 5. The van der Waals surface area contributed by atoms with Gasteiger partial charge in [0.1, 0.15) is 0 Å². The van der Waals surface area contributed by atoms with Crippen LogP contribution in [-0.4, -0.2) is 24.8 Å². The van der Waals surface area contributed by atoms with E-state index in [-0.39, 0.29) is 11.7 Å². The van der Waals surface area contributed by atoms with Crippen molar-refractivity contribution in [3.63, 3.8) is 0 Å². The lowest BCUT2D eigenvalue weighted by molar-refractivity contribution is -0.118. The fourth-order valence-corrected chi connectivity index (χ4v) is 0.980. The van der Waals surface area contributed by atoms with Gasteiger partial charge < -0.3 is 9.50 Å². The molecule has 0 atom stereocenters. The molecule has 0 saturated carbocycles. The normalized spacial score (nSPS) is 9.64. The summed E-state index contributed by atoms with van der Waals surface area (Å²) in [5.74, 6) is 0.189. The quantitative estimate of drug-likeness (QED) is 0.266. The summed E-state index contributed by atoms with van der Waals surface area (Å²) in [4.78, 5) is 10.6. The molecule has 0 aromatic carbocycles. The fraction of sp³-hybridized carbons (Fsp3) is 0.800. The third kappa shape index (κ3) is 8.39. The Labute approximate surface area is 81.1 Å². The molecular formula is C5H11NO2S3. The first-order valence-corrected chi connectivity index (χ1v) is 5.54. The third-order valence-corrected chi connectivity index (χ3v) is 1.80. The molecule has 66 valence electrons. The van der Waals surface area contributed by atoms with Crippen molar-refractivity contribution in [1.82, 2.24) is 5.32 Å². The highest BCUT2D eigenvalue weighted by molar-refractivity contribution is 8.66. The molecule has 0 aliphatic rings. The largest absolute Gasteiger partial charge is 0.355 e. The van der Waals surface area contributed by atoms with Crippen LogP contribution in [0.2, 0.25) is 0 Å². The molecule has 0 aromatic rings. The zero-order chi connectivity index (χ0) is 8.53. The standard InChI is InChI=1S/C5H11NO2S3/c7-5(4-9)6-2-1-3-8-11-10/h9-10H,1-4H2,(H,6,7). The second kappa shape index (κ2) is 8.58. The topological polar surface area (TPSA) is 38.3 Å². The van der Waals surface area contributed by atoms with Gasteiger partial charge in [-0.25, -0.2) is 0 Å². The predicted octanol–water partition coefficient (Wildman–Crippen LogP) is 0.932. The first kappa shape index (κ1) is 11.5. The Balaban J connectivity index is 2.95. The number of carbonyl (C=O) groups is 1. The monoisotopic (exact) mass is 213 g/mol. The van der Waals surface area contributed by atoms with Gasteiger partial charge in [0.2, 0.25) is 5.91 Å². The van der Waals surface area contributed by atoms with Gasteiger partial charge in [-0.1, -0.05) is 11.7 Å². The van der Waals surface area contributed by atoms with E-state index in [2.05, 4.69) is 29.6 Å². The second-order valence-corrected chi connectivity index (χ2v) is 2.91. The summed E-state index contributed by atoms with van der Waals surface area (Å²) >= 11 is 8.61. The highest BCUT2D eigenvalue weighted by Crippen LogP contribution is 2.05. The summed E-state index contributed by atoms with van der Waals surface area (Å²) in [7, 11) is 0. The molecule has 0 aliphatic carbocycles. The van der Waals surface area contributed by atoms with Crippen molar-refractivity contribution in [2.24, 2.45) is 0 Å². The maximum absolute atomic E-state index is 10.6. The minimum Gasteiger partial charge on any atom is -0.355 e. The fourth-order valence-electron chi connectivity index (χ4n) is 0.452. The summed E-state index contributed by atoms with van der Waals surface area (Å²) in [6.45, 7) is 1.23. The lowest BCUT2D eigenvalue weighted by atomic mass is 10.4. The van der Waals surface area contributed by atoms with Gasteiger partial charge in [-0.15, -0.1) is 0 Å². The van der Waals surface area contributed by atoms with Crippen LogP contribution in [0.3, 0.4) is 0 Å². The molecule has 0 saturated heterocycles. The van der Waals surface area contributed by atoms with E-state index in [1.807, 2.05) is 0 Å². The molecule has 3 nitrogen and oxygen atoms in total. The van der Waals surface area contributed by atoms with E-state index in [0.29, 0.717) is 13.2 Å². The van der Waals surface area contributed by atoms with Crippen LogP contribution >= 0.6 is 35.4 Å². The summed E-state index contributed by atoms with van der Waals surface area (Å²) in [5, 5.41) is 2.66. The van der Waals surface area contributed by atoms with Crippen molar-refractivity contribution in [3.8, 4) is 0 Å². The summed E-state index contributed by atoms with van der Waals surface area (Å²) in [5.41, 5.74) is 0. The van der Waals surface area contributed by atoms with E-state index in [9.17, 15) is 4.79 Å². The molecule has 0 aromatic heterocycles. The van der Waals surface area contributed by atoms with E-state index < -0.39 is 0 Å². The summed E-state index contributed by atoms with van der Waals surface area (Å²) < 4.78 is 4.86. The molecule has 1 amide bonds. The van der Waals surface area contributed by atoms with Crippen LogP contribution in [0.5, 0.6) is 0 Å². The minimum atomic E-state index is -0.0492. The lowest BCUT2D eigenvalue weighted by Gasteiger charge is -2.01. The molecule has 0 spiro atoms. The molecular weight excluding hydrogens is 202 g/mol. The SMILES string of the molecule is O=C(CS)NCCCOSS. The zero-order valence-corrected chi connectivity index (χ0v) is 8.55. The number of amides is 1. The van der Waals surface area contributed by atoms with Crippen molar-refractivity contribution >= 4 is 41.3 Å². The molecule has 1 N–H and O–H groups in total. The van der Waals surface area contributed by atoms with Gasteiger partial charge >= 0.3 is 0 Å². The van der Waals surface area contributed by atoms with Crippen LogP contribution in [0.25, 0.3) is 0 Å². The predicted molar refractivity (Wildman–Crippen MR) is 54.0 cm³/mol. The van der Waals surface area contributed by atoms with Crippen molar-refractivity contribution in [1.29, 1.82) is 0 Å². The van der Waals surface area contributed by atoms with E-state index >= 15 is 0 Å². The molecule has 0 heterocycles. The molecule has 0 unspecified atom stereocenters. The first-order valence-electron chi connectivity index (χ1n) is 3.12. The third-order valence-electron chi connectivity index (χ3n) is 0.923. The van der Waals surface area contributed by atoms with E-state index in [0.717, 1.165) is 17.5 Å². The van der Waals surface area contributed by atoms with Gasteiger partial charge in [0.15, 0.2) is 0 Å². The van der Waals surface area contributed by atoms with Crippen LogP contribution in [0.4, 0.5) is 0 Å². The average Bonchev–Trinajstić information content (AvgIpc) is 2.04. The Bertz CT molecular complexity index is 112. The molecule has 0 bridgehead atoms. The van der Waals surface area contributed by atoms with Gasteiger partial charge in [-0.3, -0.25) is 4.79 Å². The molecule has 0 aliphatic heterocycles. The second-order valence-electron chi connectivity index (χ2n) is 1.76. The summed E-state index contributed by atoms with van der Waals surface area (Å²) in [6.07, 6.45) is 0.799. The van der Waals surface area contributed by atoms with Crippen LogP contribution in [0.15, 0.2) is 0 Å². The molecule has 11 heavy (non-hydrogen) atoms. The van der Waals surface area contributed by atoms with Gasteiger partial charge in [-0.2, -0.15) is 12.6 Å². The van der Waals surface area contributed by atoms with E-state index in [1.165, 1.54) is 0 Å². The molecule has 0 radical (unpaired) electrons. The van der Waals surface area contributed by atoms with E-state index in [1.54, 1.807) is 0 Å². The Hall–Kier alpha value is 0.480. The van der Waals surface area contributed by atoms with E-state index in [4.69, 9.17) is 4.18 Å².